The number of carbonyl (C=O) groups excluding carboxylic acids is 3. The van der Waals surface area contributed by atoms with Crippen molar-refractivity contribution in [2.75, 3.05) is 61.5 Å². The van der Waals surface area contributed by atoms with Gasteiger partial charge in [0.05, 0.1) is 24.9 Å². The monoisotopic (exact) mass is 703 g/mol. The Morgan fingerprint density at radius 1 is 1.02 bits per heavy atom. The Kier molecular flexibility index (Phi) is 12.8. The molecule has 0 aromatic heterocycles. The maximum absolute atomic E-state index is 14.5. The van der Waals surface area contributed by atoms with Gasteiger partial charge in [-0.3, -0.25) is 14.4 Å². The fourth-order valence-electron chi connectivity index (χ4n) is 8.21. The van der Waals surface area contributed by atoms with Gasteiger partial charge in [-0.1, -0.05) is 13.8 Å². The predicted octanol–water partition coefficient (Wildman–Crippen LogP) is 3.63. The number of rotatable bonds is 6. The van der Waals surface area contributed by atoms with Gasteiger partial charge in [-0.25, -0.2) is 0 Å². The zero-order chi connectivity index (χ0) is 37.2. The maximum atomic E-state index is 14.5. The Labute approximate surface area is 298 Å². The van der Waals surface area contributed by atoms with Gasteiger partial charge in [-0.15, -0.1) is 0 Å². The fourth-order valence-corrected chi connectivity index (χ4v) is 8.21. The SMILES string of the molecule is COc1ccc(C(=O)N2CCC3(CC2)CN(C)C[C@H](C)C[C@@](C)(OC)[C@H](O[C@@H]2O[C@H](C)CC(N(C)C)[C@H]2O)[C@@H](C)C(=O)C(C)(C)C(=O)O3)cc1. The van der Waals surface area contributed by atoms with E-state index >= 15 is 0 Å². The van der Waals surface area contributed by atoms with Gasteiger partial charge < -0.3 is 43.5 Å². The molecule has 12 nitrogen and oxygen atoms in total. The van der Waals surface area contributed by atoms with Crippen LogP contribution in [0.4, 0.5) is 0 Å². The third-order valence-electron chi connectivity index (χ3n) is 11.2. The van der Waals surface area contributed by atoms with E-state index in [0.29, 0.717) is 63.2 Å². The average molecular weight is 704 g/mol. The molecule has 282 valence electrons. The van der Waals surface area contributed by atoms with Crippen LogP contribution in [0, 0.1) is 17.3 Å². The van der Waals surface area contributed by atoms with Crippen molar-refractivity contribution in [1.29, 1.82) is 0 Å². The molecule has 8 atom stereocenters. The second-order valence-electron chi connectivity index (χ2n) is 16.0. The number of nitrogens with zero attached hydrogens (tertiary/aromatic N) is 3. The summed E-state index contributed by atoms with van der Waals surface area (Å²) in [4.78, 5) is 48.0. The van der Waals surface area contributed by atoms with Crippen LogP contribution < -0.4 is 4.74 Å². The van der Waals surface area contributed by atoms with E-state index in [4.69, 9.17) is 23.7 Å². The first-order valence-corrected chi connectivity index (χ1v) is 18.0. The van der Waals surface area contributed by atoms with Crippen LogP contribution in [0.25, 0.3) is 0 Å². The van der Waals surface area contributed by atoms with E-state index in [0.717, 1.165) is 0 Å². The molecule has 0 radical (unpaired) electrons. The summed E-state index contributed by atoms with van der Waals surface area (Å²) in [6, 6.07) is 6.83. The average Bonchev–Trinajstić information content (AvgIpc) is 3.07. The molecule has 1 amide bonds. The molecule has 12 heteroatoms. The molecule has 1 N–H and O–H groups in total. The van der Waals surface area contributed by atoms with Crippen LogP contribution in [-0.4, -0.2) is 141 Å². The largest absolute Gasteiger partial charge is 0.497 e. The number of carbonyl (C=O) groups is 3. The number of esters is 1. The topological polar surface area (TPSA) is 127 Å². The molecule has 50 heavy (non-hydrogen) atoms. The minimum atomic E-state index is -1.53. The van der Waals surface area contributed by atoms with Crippen LogP contribution in [0.5, 0.6) is 5.75 Å². The number of aliphatic hydroxyl groups excluding tert-OH is 1. The Bertz CT molecular complexity index is 1330. The highest BCUT2D eigenvalue weighted by Crippen LogP contribution is 2.40. The highest BCUT2D eigenvalue weighted by Gasteiger charge is 2.53. The van der Waals surface area contributed by atoms with Crippen molar-refractivity contribution >= 4 is 17.7 Å². The molecule has 1 spiro atoms. The molecule has 1 unspecified atom stereocenters. The van der Waals surface area contributed by atoms with Crippen LogP contribution in [-0.2, 0) is 28.5 Å². The lowest BCUT2D eigenvalue weighted by Gasteiger charge is -2.47. The van der Waals surface area contributed by atoms with Crippen molar-refractivity contribution in [2.45, 2.75) is 109 Å². The molecule has 3 heterocycles. The molecule has 4 rings (SSSR count). The standard InChI is InChI=1S/C38H61N3O9/c1-24-21-37(6,47-11)32(49-34-30(42)29(39(7)8)20-25(2)48-34)26(3)31(43)36(4,5)35(45)50-38(23-40(9)22-24)16-18-41(19-17-38)33(44)27-12-14-28(46-10)15-13-27/h12-15,24-26,29-30,32,34,42H,16-23H2,1-11H3/t24-,25-,26+,29?,30-,32-,34+,37-/m1/s1. The zero-order valence-electron chi connectivity index (χ0n) is 32.1. The minimum absolute atomic E-state index is 0.0854. The summed E-state index contributed by atoms with van der Waals surface area (Å²) in [5, 5.41) is 11.4. The van der Waals surface area contributed by atoms with Crippen molar-refractivity contribution in [1.82, 2.24) is 14.7 Å². The molecule has 3 aliphatic heterocycles. The number of methoxy groups -OCH3 is 2. The first-order valence-electron chi connectivity index (χ1n) is 18.0. The van der Waals surface area contributed by atoms with Gasteiger partial charge in [-0.2, -0.15) is 0 Å². The second kappa shape index (κ2) is 16.0. The predicted molar refractivity (Wildman–Crippen MR) is 189 cm³/mol. The van der Waals surface area contributed by atoms with Crippen molar-refractivity contribution in [3.63, 3.8) is 0 Å². The number of likely N-dealkylation sites (N-methyl/N-ethyl adjacent to an activating group) is 2. The van der Waals surface area contributed by atoms with E-state index in [1.807, 2.05) is 39.9 Å². The van der Waals surface area contributed by atoms with Crippen molar-refractivity contribution < 1.29 is 43.2 Å². The molecule has 0 bridgehead atoms. The van der Waals surface area contributed by atoms with Gasteiger partial charge in [-0.05, 0) is 91.9 Å². The van der Waals surface area contributed by atoms with Gasteiger partial charge in [0.1, 0.15) is 22.9 Å². The van der Waals surface area contributed by atoms with Crippen LogP contribution in [0.1, 0.15) is 77.6 Å². The Morgan fingerprint density at radius 3 is 2.20 bits per heavy atom. The van der Waals surface area contributed by atoms with E-state index in [9.17, 15) is 19.5 Å². The second-order valence-corrected chi connectivity index (χ2v) is 16.0. The first kappa shape index (κ1) is 40.2. The third kappa shape index (κ3) is 8.70. The number of aliphatic hydroxyl groups is 1. The van der Waals surface area contributed by atoms with E-state index in [2.05, 4.69) is 11.8 Å². The lowest BCUT2D eigenvalue weighted by molar-refractivity contribution is -0.295. The van der Waals surface area contributed by atoms with Gasteiger partial charge >= 0.3 is 5.97 Å². The van der Waals surface area contributed by atoms with Crippen LogP contribution in [0.15, 0.2) is 24.3 Å². The number of hydrogen-bond acceptors (Lipinski definition) is 11. The normalized spacial score (nSPS) is 34.4. The zero-order valence-corrected chi connectivity index (χ0v) is 32.1. The lowest BCUT2D eigenvalue weighted by Crippen LogP contribution is -2.59. The number of piperidine rings is 1. The van der Waals surface area contributed by atoms with Gasteiger partial charge in [0.2, 0.25) is 0 Å². The molecule has 3 saturated heterocycles. The number of benzene rings is 1. The van der Waals surface area contributed by atoms with Crippen LogP contribution in [0.2, 0.25) is 0 Å². The summed E-state index contributed by atoms with van der Waals surface area (Å²) in [6.07, 6.45) is -0.958. The van der Waals surface area contributed by atoms with Crippen molar-refractivity contribution in [2.24, 2.45) is 17.3 Å². The van der Waals surface area contributed by atoms with E-state index in [-0.39, 0.29) is 29.8 Å². The van der Waals surface area contributed by atoms with Gasteiger partial charge in [0, 0.05) is 63.7 Å². The van der Waals surface area contributed by atoms with Gasteiger partial charge in [0.25, 0.3) is 5.91 Å². The number of amides is 1. The number of Topliss-reactive ketones (excluding diaryl/α,β-unsaturated/α-hetero) is 1. The molecule has 1 aromatic carbocycles. The van der Waals surface area contributed by atoms with Crippen LogP contribution >= 0.6 is 0 Å². The highest BCUT2D eigenvalue weighted by molar-refractivity contribution is 6.04. The minimum Gasteiger partial charge on any atom is -0.497 e. The quantitative estimate of drug-likeness (QED) is 0.345. The summed E-state index contributed by atoms with van der Waals surface area (Å²) in [6.45, 7) is 12.9. The molecule has 3 aliphatic rings. The van der Waals surface area contributed by atoms with Crippen LogP contribution in [0.3, 0.4) is 0 Å². The Balaban J connectivity index is 1.62. The number of ketones is 1. The summed E-state index contributed by atoms with van der Waals surface area (Å²) >= 11 is 0. The first-order chi connectivity index (χ1) is 23.4. The molecular weight excluding hydrogens is 642 g/mol. The maximum Gasteiger partial charge on any atom is 0.319 e. The molecular formula is C38H61N3O9. The molecule has 0 aliphatic carbocycles. The van der Waals surface area contributed by atoms with Crippen molar-refractivity contribution in [3.8, 4) is 5.75 Å². The summed E-state index contributed by atoms with van der Waals surface area (Å²) in [7, 11) is 9.03. The summed E-state index contributed by atoms with van der Waals surface area (Å²) in [5.74, 6) is -1.11. The number of hydrogen-bond donors (Lipinski definition) is 1. The Morgan fingerprint density at radius 2 is 1.64 bits per heavy atom. The third-order valence-corrected chi connectivity index (χ3v) is 11.2. The van der Waals surface area contributed by atoms with E-state index in [1.54, 1.807) is 64.2 Å². The van der Waals surface area contributed by atoms with E-state index in [1.165, 1.54) is 0 Å². The summed E-state index contributed by atoms with van der Waals surface area (Å²) < 4.78 is 30.7. The number of ether oxygens (including phenoxy) is 5. The van der Waals surface area contributed by atoms with Gasteiger partial charge in [0.15, 0.2) is 12.1 Å². The Hall–Kier alpha value is -2.61. The summed E-state index contributed by atoms with van der Waals surface area (Å²) in [5.41, 5.74) is -2.82. The lowest BCUT2D eigenvalue weighted by atomic mass is 9.74. The van der Waals surface area contributed by atoms with E-state index < -0.39 is 47.0 Å². The fraction of sp³-hybridized carbons (Fsp3) is 0.763. The highest BCUT2D eigenvalue weighted by atomic mass is 16.7. The smallest absolute Gasteiger partial charge is 0.319 e. The molecule has 3 fully saturated rings. The molecule has 0 saturated carbocycles. The van der Waals surface area contributed by atoms with Crippen molar-refractivity contribution in [3.05, 3.63) is 29.8 Å². The molecule has 1 aromatic rings. The number of likely N-dealkylation sites (tertiary alicyclic amines) is 1.